The molecule has 0 N–H and O–H groups in total. The normalized spacial score (nSPS) is 13.8. The molecule has 0 amide bonds. The average Bonchev–Trinajstić information content (AvgIpc) is 3.83. The van der Waals surface area contributed by atoms with Crippen LogP contribution in [0.3, 0.4) is 0 Å². The van der Waals surface area contributed by atoms with E-state index in [1.165, 1.54) is 0 Å². The predicted octanol–water partition coefficient (Wildman–Crippen LogP) is 7.76. The molecule has 2 aromatic carbocycles. The lowest BCUT2D eigenvalue weighted by molar-refractivity contribution is 0.0878. The SMILES string of the molecule is COc1ccc(CN(Cc2nc3cc(Cl)c(Cl)cc3n2COCC[Si](C)(C)C)c2cc(N3CCOCC3)cc3c(-c4cnn(C)c4)cnn23)cc1. The lowest BCUT2D eigenvalue weighted by Gasteiger charge is -2.31. The molecule has 1 fully saturated rings. The number of aryl methyl sites for hydroxylation is 1. The van der Waals surface area contributed by atoms with Gasteiger partial charge in [-0.15, -0.1) is 0 Å². The van der Waals surface area contributed by atoms with Crippen LogP contribution in [0, 0.1) is 0 Å². The summed E-state index contributed by atoms with van der Waals surface area (Å²) in [5.74, 6) is 2.56. The maximum absolute atomic E-state index is 6.57. The Morgan fingerprint density at radius 3 is 2.39 bits per heavy atom. The molecule has 51 heavy (non-hydrogen) atoms. The van der Waals surface area contributed by atoms with Crippen LogP contribution in [-0.2, 0) is 36.3 Å². The van der Waals surface area contributed by atoms with Crippen LogP contribution < -0.4 is 14.5 Å². The van der Waals surface area contributed by atoms with Crippen molar-refractivity contribution < 1.29 is 14.2 Å². The van der Waals surface area contributed by atoms with Gasteiger partial charge in [-0.05, 0) is 41.9 Å². The Bertz CT molecular complexity index is 2130. The van der Waals surface area contributed by atoms with Gasteiger partial charge in [0.1, 0.15) is 24.1 Å². The molecule has 1 aliphatic rings. The van der Waals surface area contributed by atoms with Crippen LogP contribution in [0.5, 0.6) is 5.75 Å². The van der Waals surface area contributed by atoms with Gasteiger partial charge in [0.05, 0.1) is 65.9 Å². The zero-order valence-electron chi connectivity index (χ0n) is 29.8. The van der Waals surface area contributed by atoms with E-state index in [1.807, 2.05) is 59.1 Å². The van der Waals surface area contributed by atoms with Crippen LogP contribution in [0.25, 0.3) is 27.7 Å². The summed E-state index contributed by atoms with van der Waals surface area (Å²) in [5, 5.41) is 10.4. The van der Waals surface area contributed by atoms with Gasteiger partial charge in [0.25, 0.3) is 0 Å². The number of halogens is 2. The highest BCUT2D eigenvalue weighted by molar-refractivity contribution is 6.76. The van der Waals surface area contributed by atoms with Gasteiger partial charge in [0.2, 0.25) is 0 Å². The number of rotatable bonds is 13. The van der Waals surface area contributed by atoms with Gasteiger partial charge in [-0.25, -0.2) is 9.50 Å². The van der Waals surface area contributed by atoms with E-state index < -0.39 is 8.07 Å². The van der Waals surface area contributed by atoms with Gasteiger partial charge < -0.3 is 28.6 Å². The number of benzene rings is 2. The van der Waals surface area contributed by atoms with Gasteiger partial charge in [-0.1, -0.05) is 55.0 Å². The predicted molar refractivity (Wildman–Crippen MR) is 207 cm³/mol. The van der Waals surface area contributed by atoms with Crippen LogP contribution in [0.2, 0.25) is 35.7 Å². The molecule has 1 saturated heterocycles. The third-order valence-corrected chi connectivity index (χ3v) is 11.7. The fourth-order valence-corrected chi connectivity index (χ4v) is 7.45. The molecule has 14 heteroatoms. The van der Waals surface area contributed by atoms with Crippen molar-refractivity contribution in [2.75, 3.05) is 49.8 Å². The standard InChI is InChI=1S/C37H44Cl2N8O3Si/c1-43-23-27(20-40-43)30-21-41-47-34(30)16-28(44-10-12-49-13-11-44)17-37(47)45(22-26-6-8-29(48-2)9-7-26)24-36-42-33-18-31(38)32(39)19-35(33)46(36)25-50-14-15-51(3,4)5/h6-9,16-21,23H,10-15,22,24-25H2,1-5H3. The summed E-state index contributed by atoms with van der Waals surface area (Å²) in [6, 6.07) is 17.4. The number of nitrogens with zero attached hydrogens (tertiary/aromatic N) is 8. The minimum atomic E-state index is -1.28. The highest BCUT2D eigenvalue weighted by atomic mass is 35.5. The zero-order valence-corrected chi connectivity index (χ0v) is 32.3. The summed E-state index contributed by atoms with van der Waals surface area (Å²) < 4.78 is 23.5. The second-order valence-corrected chi connectivity index (χ2v) is 20.6. The largest absolute Gasteiger partial charge is 0.497 e. The molecule has 4 aromatic heterocycles. The number of methoxy groups -OCH3 is 1. The maximum atomic E-state index is 6.57. The third-order valence-electron chi connectivity index (χ3n) is 9.25. The van der Waals surface area contributed by atoms with E-state index in [0.717, 1.165) is 75.5 Å². The topological polar surface area (TPSA) is 87.1 Å². The molecule has 268 valence electrons. The van der Waals surface area contributed by atoms with E-state index in [4.69, 9.17) is 47.5 Å². The molecular weight excluding hydrogens is 703 g/mol. The summed E-state index contributed by atoms with van der Waals surface area (Å²) >= 11 is 13.1. The Morgan fingerprint density at radius 1 is 0.922 bits per heavy atom. The Balaban J connectivity index is 1.36. The molecule has 11 nitrogen and oxygen atoms in total. The molecule has 0 bridgehead atoms. The molecule has 0 atom stereocenters. The summed E-state index contributed by atoms with van der Waals surface area (Å²) in [6.45, 7) is 12.1. The second kappa shape index (κ2) is 14.9. The van der Waals surface area contributed by atoms with Crippen LogP contribution in [0.4, 0.5) is 11.5 Å². The number of aromatic nitrogens is 6. The first-order valence-electron chi connectivity index (χ1n) is 17.2. The summed E-state index contributed by atoms with van der Waals surface area (Å²) in [7, 11) is 2.33. The van der Waals surface area contributed by atoms with Crippen LogP contribution in [0.1, 0.15) is 11.4 Å². The number of morpholine rings is 1. The van der Waals surface area contributed by atoms with E-state index in [1.54, 1.807) is 7.11 Å². The molecule has 0 radical (unpaired) electrons. The van der Waals surface area contributed by atoms with Gasteiger partial charge >= 0.3 is 0 Å². The van der Waals surface area contributed by atoms with Crippen LogP contribution in [0.15, 0.2) is 67.1 Å². The van der Waals surface area contributed by atoms with Crippen LogP contribution in [-0.4, -0.2) is 77.0 Å². The molecule has 0 saturated carbocycles. The number of fused-ring (bicyclic) bond motifs is 2. The van der Waals surface area contributed by atoms with Gasteiger partial charge in [0.15, 0.2) is 0 Å². The fraction of sp³-hybridized carbons (Fsp3) is 0.378. The first-order valence-corrected chi connectivity index (χ1v) is 21.7. The molecule has 7 rings (SSSR count). The molecule has 0 aliphatic carbocycles. The number of anilines is 2. The lowest BCUT2D eigenvalue weighted by Crippen LogP contribution is -2.36. The highest BCUT2D eigenvalue weighted by Gasteiger charge is 2.24. The maximum Gasteiger partial charge on any atom is 0.133 e. The van der Waals surface area contributed by atoms with E-state index in [0.29, 0.717) is 49.7 Å². The molecule has 6 aromatic rings. The molecule has 1 aliphatic heterocycles. The fourth-order valence-electron chi connectivity index (χ4n) is 6.38. The smallest absolute Gasteiger partial charge is 0.133 e. The second-order valence-electron chi connectivity index (χ2n) is 14.2. The van der Waals surface area contributed by atoms with E-state index in [9.17, 15) is 0 Å². The van der Waals surface area contributed by atoms with E-state index >= 15 is 0 Å². The van der Waals surface area contributed by atoms with E-state index in [-0.39, 0.29) is 0 Å². The van der Waals surface area contributed by atoms with Gasteiger partial charge in [0, 0.05) is 70.4 Å². The van der Waals surface area contributed by atoms with Crippen molar-refractivity contribution >= 4 is 59.3 Å². The quantitative estimate of drug-likeness (QED) is 0.0876. The third kappa shape index (κ3) is 7.90. The monoisotopic (exact) mass is 746 g/mol. The minimum Gasteiger partial charge on any atom is -0.497 e. The first-order chi connectivity index (χ1) is 24.6. The summed E-state index contributed by atoms with van der Waals surface area (Å²) in [4.78, 5) is 9.84. The van der Waals surface area contributed by atoms with Crippen molar-refractivity contribution in [1.82, 2.24) is 28.9 Å². The number of hydrogen-bond acceptors (Lipinski definition) is 8. The Kier molecular flexibility index (Phi) is 10.3. The van der Waals surface area contributed by atoms with Crippen molar-refractivity contribution in [3.63, 3.8) is 0 Å². The van der Waals surface area contributed by atoms with Crippen LogP contribution >= 0.6 is 23.2 Å². The zero-order chi connectivity index (χ0) is 35.7. The lowest BCUT2D eigenvalue weighted by atomic mass is 10.1. The summed E-state index contributed by atoms with van der Waals surface area (Å²) in [5.41, 5.74) is 6.86. The van der Waals surface area contributed by atoms with Crippen molar-refractivity contribution in [1.29, 1.82) is 0 Å². The molecule has 5 heterocycles. The number of ether oxygens (including phenoxy) is 3. The minimum absolute atomic E-state index is 0.348. The molecular formula is C37H44Cl2N8O3Si. The highest BCUT2D eigenvalue weighted by Crippen LogP contribution is 2.35. The molecule has 0 unspecified atom stereocenters. The Labute approximate surface area is 309 Å². The number of hydrogen-bond donors (Lipinski definition) is 0. The van der Waals surface area contributed by atoms with Crippen molar-refractivity contribution in [2.45, 2.75) is 45.5 Å². The average molecular weight is 748 g/mol. The summed E-state index contributed by atoms with van der Waals surface area (Å²) in [6.07, 6.45) is 5.83. The van der Waals surface area contributed by atoms with Gasteiger partial charge in [-0.2, -0.15) is 10.2 Å². The van der Waals surface area contributed by atoms with Crippen molar-refractivity contribution in [2.24, 2.45) is 7.05 Å². The Hall–Kier alpha value is -4.07. The number of pyridine rings is 1. The Morgan fingerprint density at radius 2 is 1.69 bits per heavy atom. The molecule has 0 spiro atoms. The first kappa shape index (κ1) is 35.3. The van der Waals surface area contributed by atoms with Crippen molar-refractivity contribution in [3.05, 3.63) is 88.6 Å². The van der Waals surface area contributed by atoms with Gasteiger partial charge in [-0.3, -0.25) is 4.68 Å². The van der Waals surface area contributed by atoms with E-state index in [2.05, 4.69) is 63.4 Å². The number of imidazole rings is 1. The van der Waals surface area contributed by atoms with Crippen molar-refractivity contribution in [3.8, 4) is 16.9 Å².